The number of urea groups is 1. The van der Waals surface area contributed by atoms with Crippen LogP contribution in [0.5, 0.6) is 0 Å². The number of nitrogens with zero attached hydrogens (tertiary/aromatic N) is 1. The molecular weight excluding hydrogens is 416 g/mol. The summed E-state index contributed by atoms with van der Waals surface area (Å²) < 4.78 is 0. The van der Waals surface area contributed by atoms with Crippen LogP contribution in [0.1, 0.15) is 21.5 Å². The average molecular weight is 441 g/mol. The third-order valence-electron chi connectivity index (χ3n) is 5.39. The first kappa shape index (κ1) is 21.8. The lowest BCUT2D eigenvalue weighted by atomic mass is 10.1. The smallest absolute Gasteiger partial charge is 0.322 e. The van der Waals surface area contributed by atoms with Gasteiger partial charge in [0.15, 0.2) is 0 Å². The molecule has 1 aromatic heterocycles. The summed E-state index contributed by atoms with van der Waals surface area (Å²) in [6.07, 6.45) is 0.639. The number of para-hydroxylation sites is 1. The van der Waals surface area contributed by atoms with Gasteiger partial charge in [-0.15, -0.1) is 0 Å². The molecule has 0 atom stereocenters. The second kappa shape index (κ2) is 9.82. The van der Waals surface area contributed by atoms with E-state index in [9.17, 15) is 14.4 Å². The van der Waals surface area contributed by atoms with Crippen molar-refractivity contribution in [2.45, 2.75) is 13.0 Å². The molecule has 0 aliphatic heterocycles. The third kappa shape index (κ3) is 5.46. The number of hydrogen-bond donors (Lipinski definition) is 3. The molecule has 7 heteroatoms. The van der Waals surface area contributed by atoms with Gasteiger partial charge in [-0.25, -0.2) is 4.79 Å². The minimum Gasteiger partial charge on any atom is -0.366 e. The van der Waals surface area contributed by atoms with Crippen LogP contribution in [0.4, 0.5) is 10.5 Å². The predicted molar refractivity (Wildman–Crippen MR) is 129 cm³/mol. The molecule has 7 nitrogen and oxygen atoms in total. The molecule has 1 heterocycles. The summed E-state index contributed by atoms with van der Waals surface area (Å²) in [6, 6.07) is 25.3. The van der Waals surface area contributed by atoms with Crippen molar-refractivity contribution in [2.24, 2.45) is 5.73 Å². The Hall–Kier alpha value is -4.39. The van der Waals surface area contributed by atoms with E-state index in [1.165, 1.54) is 0 Å². The number of benzene rings is 3. The number of aromatic nitrogens is 1. The van der Waals surface area contributed by atoms with E-state index >= 15 is 0 Å². The number of fused-ring (bicyclic) bond motifs is 1. The van der Waals surface area contributed by atoms with Gasteiger partial charge in [-0.05, 0) is 53.8 Å². The summed E-state index contributed by atoms with van der Waals surface area (Å²) in [5.41, 5.74) is 8.23. The van der Waals surface area contributed by atoms with E-state index in [2.05, 4.69) is 10.3 Å². The second-order valence-electron chi connectivity index (χ2n) is 7.74. The number of H-pyrrole nitrogens is 1. The predicted octanol–water partition coefficient (Wildman–Crippen LogP) is 3.90. The number of carbonyl (C=O) groups is 2. The molecule has 0 saturated carbocycles. The van der Waals surface area contributed by atoms with Crippen molar-refractivity contribution in [1.29, 1.82) is 0 Å². The molecule has 0 spiro atoms. The Bertz CT molecular complexity index is 1330. The van der Waals surface area contributed by atoms with Crippen molar-refractivity contribution in [2.75, 3.05) is 11.9 Å². The zero-order chi connectivity index (χ0) is 23.2. The highest BCUT2D eigenvalue weighted by molar-refractivity contribution is 5.97. The van der Waals surface area contributed by atoms with Crippen LogP contribution in [0.15, 0.2) is 89.7 Å². The highest BCUT2D eigenvalue weighted by Crippen LogP contribution is 2.16. The Labute approximate surface area is 190 Å². The summed E-state index contributed by atoms with van der Waals surface area (Å²) in [6.45, 7) is 0.527. The first-order chi connectivity index (χ1) is 16.0. The molecule has 0 radical (unpaired) electrons. The van der Waals surface area contributed by atoms with E-state index in [0.717, 1.165) is 5.56 Å². The summed E-state index contributed by atoms with van der Waals surface area (Å²) >= 11 is 0. The second-order valence-corrected chi connectivity index (χ2v) is 7.74. The lowest BCUT2D eigenvalue weighted by Gasteiger charge is -2.23. The SMILES string of the molecule is NC(=O)c1ccc2[nH]c(=O)c(CN(CCc3ccccc3)C(=O)Nc3ccccc3)cc2c1. The number of amides is 3. The van der Waals surface area contributed by atoms with Gasteiger partial charge in [0.25, 0.3) is 5.56 Å². The Morgan fingerprint density at radius 1 is 0.909 bits per heavy atom. The van der Waals surface area contributed by atoms with Gasteiger partial charge in [0.05, 0.1) is 6.54 Å². The van der Waals surface area contributed by atoms with Crippen molar-refractivity contribution in [3.8, 4) is 0 Å². The van der Waals surface area contributed by atoms with E-state index in [-0.39, 0.29) is 18.1 Å². The zero-order valence-electron chi connectivity index (χ0n) is 18.0. The number of primary amides is 1. The number of aromatic amines is 1. The van der Waals surface area contributed by atoms with Crippen LogP contribution in [0, 0.1) is 0 Å². The number of hydrogen-bond acceptors (Lipinski definition) is 3. The molecule has 33 heavy (non-hydrogen) atoms. The summed E-state index contributed by atoms with van der Waals surface area (Å²) in [4.78, 5) is 41.8. The average Bonchev–Trinajstić information content (AvgIpc) is 2.82. The monoisotopic (exact) mass is 440 g/mol. The third-order valence-corrected chi connectivity index (χ3v) is 5.39. The molecule has 4 N–H and O–H groups in total. The van der Waals surface area contributed by atoms with Gasteiger partial charge in [-0.1, -0.05) is 48.5 Å². The zero-order valence-corrected chi connectivity index (χ0v) is 18.0. The molecule has 0 aliphatic rings. The fraction of sp³-hybridized carbons (Fsp3) is 0.115. The van der Waals surface area contributed by atoms with Crippen molar-refractivity contribution in [3.05, 3.63) is 112 Å². The number of rotatable bonds is 7. The Kier molecular flexibility index (Phi) is 6.50. The van der Waals surface area contributed by atoms with E-state index in [1.807, 2.05) is 60.7 Å². The van der Waals surface area contributed by atoms with Crippen LogP contribution in [0.25, 0.3) is 10.9 Å². The van der Waals surface area contributed by atoms with Crippen molar-refractivity contribution >= 4 is 28.5 Å². The fourth-order valence-corrected chi connectivity index (χ4v) is 3.61. The number of carbonyl (C=O) groups excluding carboxylic acids is 2. The van der Waals surface area contributed by atoms with Crippen LogP contribution in [0.3, 0.4) is 0 Å². The van der Waals surface area contributed by atoms with Crippen LogP contribution in [-0.2, 0) is 13.0 Å². The number of nitrogens with two attached hydrogens (primary N) is 1. The summed E-state index contributed by atoms with van der Waals surface area (Å²) in [5, 5.41) is 3.57. The highest BCUT2D eigenvalue weighted by Gasteiger charge is 2.17. The summed E-state index contributed by atoms with van der Waals surface area (Å²) in [7, 11) is 0. The molecule has 4 aromatic rings. The topological polar surface area (TPSA) is 108 Å². The maximum atomic E-state index is 13.1. The van der Waals surface area contributed by atoms with E-state index in [1.54, 1.807) is 29.2 Å². The first-order valence-corrected chi connectivity index (χ1v) is 10.6. The van der Waals surface area contributed by atoms with Crippen LogP contribution >= 0.6 is 0 Å². The normalized spacial score (nSPS) is 10.7. The Balaban J connectivity index is 1.62. The number of anilines is 1. The quantitative estimate of drug-likeness (QED) is 0.405. The minimum absolute atomic E-state index is 0.109. The maximum absolute atomic E-state index is 13.1. The highest BCUT2D eigenvalue weighted by atomic mass is 16.2. The molecule has 3 aromatic carbocycles. The Morgan fingerprint density at radius 3 is 2.30 bits per heavy atom. The standard InChI is InChI=1S/C26H24N4O3/c27-24(31)19-11-12-23-20(15-19)16-21(25(32)29-23)17-30(14-13-18-7-3-1-4-8-18)26(33)28-22-9-5-2-6-10-22/h1-12,15-16H,13-14,17H2,(H2,27,31)(H,28,33)(H,29,32). The largest absolute Gasteiger partial charge is 0.366 e. The van der Waals surface area contributed by atoms with Crippen molar-refractivity contribution in [3.63, 3.8) is 0 Å². The van der Waals surface area contributed by atoms with E-state index in [4.69, 9.17) is 5.73 Å². The molecule has 4 rings (SSSR count). The van der Waals surface area contributed by atoms with Gasteiger partial charge in [0.1, 0.15) is 0 Å². The fourth-order valence-electron chi connectivity index (χ4n) is 3.61. The van der Waals surface area contributed by atoms with Crippen molar-refractivity contribution in [1.82, 2.24) is 9.88 Å². The lowest BCUT2D eigenvalue weighted by Crippen LogP contribution is -2.37. The van der Waals surface area contributed by atoms with E-state index in [0.29, 0.717) is 40.7 Å². The molecule has 3 amide bonds. The van der Waals surface area contributed by atoms with Gasteiger partial charge in [-0.3, -0.25) is 9.59 Å². The van der Waals surface area contributed by atoms with Gasteiger partial charge >= 0.3 is 6.03 Å². The van der Waals surface area contributed by atoms with E-state index < -0.39 is 5.91 Å². The molecule has 0 bridgehead atoms. The summed E-state index contributed by atoms with van der Waals surface area (Å²) in [5.74, 6) is -0.545. The molecule has 0 unspecified atom stereocenters. The van der Waals surface area contributed by atoms with Crippen LogP contribution < -0.4 is 16.6 Å². The Morgan fingerprint density at radius 2 is 1.61 bits per heavy atom. The maximum Gasteiger partial charge on any atom is 0.322 e. The van der Waals surface area contributed by atoms with Crippen LogP contribution in [-0.4, -0.2) is 28.4 Å². The minimum atomic E-state index is -0.545. The molecular formula is C26H24N4O3. The molecule has 166 valence electrons. The van der Waals surface area contributed by atoms with Crippen LogP contribution in [0.2, 0.25) is 0 Å². The number of pyridine rings is 1. The van der Waals surface area contributed by atoms with Gasteiger partial charge in [-0.2, -0.15) is 0 Å². The van der Waals surface area contributed by atoms with Gasteiger partial charge < -0.3 is 20.9 Å². The number of nitrogens with one attached hydrogen (secondary N) is 2. The molecule has 0 aliphatic carbocycles. The van der Waals surface area contributed by atoms with Crippen molar-refractivity contribution < 1.29 is 9.59 Å². The molecule has 0 fully saturated rings. The lowest BCUT2D eigenvalue weighted by molar-refractivity contribution is 0.100. The van der Waals surface area contributed by atoms with Gasteiger partial charge in [0.2, 0.25) is 5.91 Å². The first-order valence-electron chi connectivity index (χ1n) is 10.6. The van der Waals surface area contributed by atoms with Gasteiger partial charge in [0, 0.05) is 28.9 Å². The molecule has 0 saturated heterocycles.